The highest BCUT2D eigenvalue weighted by molar-refractivity contribution is 7.95. The maximum Gasteiger partial charge on any atom is 0.216 e. The van der Waals surface area contributed by atoms with Crippen LogP contribution in [-0.4, -0.2) is 8.42 Å². The van der Waals surface area contributed by atoms with Crippen molar-refractivity contribution >= 4 is 50.7 Å². The van der Waals surface area contributed by atoms with E-state index in [0.29, 0.717) is 26.4 Å². The number of benzene rings is 2. The fourth-order valence-corrected chi connectivity index (χ4v) is 3.95. The van der Waals surface area contributed by atoms with Crippen LogP contribution in [0.15, 0.2) is 68.8 Å². The first-order chi connectivity index (χ1) is 12.8. The van der Waals surface area contributed by atoms with Crippen LogP contribution in [0.1, 0.15) is 5.76 Å². The summed E-state index contributed by atoms with van der Waals surface area (Å²) in [4.78, 5) is -0.493. The first-order valence-electron chi connectivity index (χ1n) is 7.49. The van der Waals surface area contributed by atoms with E-state index in [-0.39, 0.29) is 10.7 Å². The second kappa shape index (κ2) is 7.79. The Labute approximate surface area is 171 Å². The summed E-state index contributed by atoms with van der Waals surface area (Å²) in [6.45, 7) is 0. The van der Waals surface area contributed by atoms with Gasteiger partial charge in [-0.3, -0.25) is 0 Å². The zero-order valence-corrected chi connectivity index (χ0v) is 16.6. The molecule has 0 radical (unpaired) electrons. The molecule has 0 bridgehead atoms. The highest BCUT2D eigenvalue weighted by Crippen LogP contribution is 2.32. The highest BCUT2D eigenvalue weighted by atomic mass is 35.5. The number of nitrogens with zero attached hydrogens (tertiary/aromatic N) is 1. The van der Waals surface area contributed by atoms with Gasteiger partial charge in [-0.25, -0.2) is 8.42 Å². The van der Waals surface area contributed by atoms with Crippen LogP contribution < -0.4 is 0 Å². The lowest BCUT2D eigenvalue weighted by Gasteiger charge is -2.03. The van der Waals surface area contributed by atoms with Crippen LogP contribution in [0.2, 0.25) is 15.1 Å². The van der Waals surface area contributed by atoms with E-state index in [1.807, 2.05) is 0 Å². The molecular formula is C19H10Cl3NO3S. The Morgan fingerprint density at radius 1 is 0.963 bits per heavy atom. The van der Waals surface area contributed by atoms with Crippen molar-refractivity contribution in [1.82, 2.24) is 0 Å². The molecule has 3 aromatic rings. The zero-order valence-electron chi connectivity index (χ0n) is 13.5. The summed E-state index contributed by atoms with van der Waals surface area (Å²) in [6, 6.07) is 15.3. The summed E-state index contributed by atoms with van der Waals surface area (Å²) in [5, 5.41) is 10.6. The predicted octanol–water partition coefficient (Wildman–Crippen LogP) is 6.25. The van der Waals surface area contributed by atoms with E-state index in [2.05, 4.69) is 0 Å². The van der Waals surface area contributed by atoms with Gasteiger partial charge in [0.05, 0.1) is 9.92 Å². The van der Waals surface area contributed by atoms with Gasteiger partial charge in [-0.2, -0.15) is 5.26 Å². The Kier molecular flexibility index (Phi) is 5.64. The van der Waals surface area contributed by atoms with Crippen molar-refractivity contribution in [2.75, 3.05) is 0 Å². The summed E-state index contributed by atoms with van der Waals surface area (Å²) in [7, 11) is -4.00. The monoisotopic (exact) mass is 437 g/mol. The van der Waals surface area contributed by atoms with E-state index in [9.17, 15) is 13.7 Å². The third-order valence-corrected chi connectivity index (χ3v) is 6.12. The molecule has 0 amide bonds. The van der Waals surface area contributed by atoms with Crippen molar-refractivity contribution in [2.24, 2.45) is 0 Å². The topological polar surface area (TPSA) is 71.1 Å². The highest BCUT2D eigenvalue weighted by Gasteiger charge is 2.21. The number of nitriles is 1. The van der Waals surface area contributed by atoms with Crippen molar-refractivity contribution in [3.8, 4) is 17.4 Å². The van der Waals surface area contributed by atoms with Crippen molar-refractivity contribution in [2.45, 2.75) is 4.90 Å². The van der Waals surface area contributed by atoms with E-state index >= 15 is 0 Å². The minimum Gasteiger partial charge on any atom is -0.457 e. The van der Waals surface area contributed by atoms with E-state index in [4.69, 9.17) is 39.2 Å². The molecule has 0 atom stereocenters. The van der Waals surface area contributed by atoms with Crippen LogP contribution in [0.5, 0.6) is 0 Å². The summed E-state index contributed by atoms with van der Waals surface area (Å²) >= 11 is 17.9. The minimum absolute atomic E-state index is 0.0376. The second-order valence-corrected chi connectivity index (χ2v) is 8.60. The van der Waals surface area contributed by atoms with Crippen LogP contribution >= 0.6 is 34.8 Å². The molecule has 0 spiro atoms. The quantitative estimate of drug-likeness (QED) is 0.452. The number of allylic oxidation sites excluding steroid dienone is 1. The molecular weight excluding hydrogens is 429 g/mol. The lowest BCUT2D eigenvalue weighted by Crippen LogP contribution is -2.03. The summed E-state index contributed by atoms with van der Waals surface area (Å²) in [6.07, 6.45) is 1.16. The van der Waals surface area contributed by atoms with Gasteiger partial charge < -0.3 is 4.42 Å². The third-order valence-electron chi connectivity index (χ3n) is 3.62. The normalized spacial score (nSPS) is 12.0. The number of furan rings is 1. The number of hydrogen-bond acceptors (Lipinski definition) is 4. The average molecular weight is 439 g/mol. The van der Waals surface area contributed by atoms with Gasteiger partial charge in [-0.15, -0.1) is 0 Å². The molecule has 1 heterocycles. The number of rotatable bonds is 4. The van der Waals surface area contributed by atoms with Crippen molar-refractivity contribution in [3.63, 3.8) is 0 Å². The van der Waals surface area contributed by atoms with Gasteiger partial charge >= 0.3 is 0 Å². The van der Waals surface area contributed by atoms with Gasteiger partial charge in [0.15, 0.2) is 4.91 Å². The lowest BCUT2D eigenvalue weighted by molar-refractivity contribution is 0.571. The smallest absolute Gasteiger partial charge is 0.216 e. The molecule has 1 aromatic heterocycles. The molecule has 0 N–H and O–H groups in total. The molecule has 0 saturated heterocycles. The van der Waals surface area contributed by atoms with E-state index in [0.717, 1.165) is 6.08 Å². The molecule has 0 unspecified atom stereocenters. The predicted molar refractivity (Wildman–Crippen MR) is 106 cm³/mol. The molecule has 0 aliphatic heterocycles. The molecule has 2 aromatic carbocycles. The largest absolute Gasteiger partial charge is 0.457 e. The third kappa shape index (κ3) is 4.20. The van der Waals surface area contributed by atoms with Gasteiger partial charge in [0, 0.05) is 21.7 Å². The molecule has 0 fully saturated rings. The second-order valence-electron chi connectivity index (χ2n) is 5.40. The van der Waals surface area contributed by atoms with Crippen LogP contribution in [-0.2, 0) is 9.84 Å². The summed E-state index contributed by atoms with van der Waals surface area (Å²) in [5.74, 6) is 0.588. The van der Waals surface area contributed by atoms with Gasteiger partial charge in [0.1, 0.15) is 17.6 Å². The molecule has 0 aliphatic rings. The van der Waals surface area contributed by atoms with Crippen molar-refractivity contribution in [3.05, 3.63) is 80.3 Å². The lowest BCUT2D eigenvalue weighted by atomic mass is 10.2. The van der Waals surface area contributed by atoms with Gasteiger partial charge in [0.2, 0.25) is 9.84 Å². The molecule has 3 rings (SSSR count). The van der Waals surface area contributed by atoms with Crippen LogP contribution in [0.3, 0.4) is 0 Å². The maximum atomic E-state index is 12.6. The SMILES string of the molecule is N#C/C(=C/c1ccc(-c2cc(Cl)ccc2Cl)o1)S(=O)(=O)c1ccc(Cl)cc1. The van der Waals surface area contributed by atoms with Gasteiger partial charge in [-0.1, -0.05) is 34.8 Å². The summed E-state index contributed by atoms with van der Waals surface area (Å²) in [5.41, 5.74) is 0.558. The standard InChI is InChI=1S/C19H10Cl3NO3S/c20-12-1-5-15(6-2-12)27(24,25)16(11-23)10-14-4-8-19(26-14)17-9-13(21)3-7-18(17)22/h1-10H/b16-10-. The summed E-state index contributed by atoms with van der Waals surface area (Å²) < 4.78 is 30.9. The van der Waals surface area contributed by atoms with Crippen LogP contribution in [0.4, 0.5) is 0 Å². The van der Waals surface area contributed by atoms with E-state index < -0.39 is 14.7 Å². The van der Waals surface area contributed by atoms with Gasteiger partial charge in [0.25, 0.3) is 0 Å². The minimum atomic E-state index is -4.00. The molecule has 27 heavy (non-hydrogen) atoms. The number of halogens is 3. The molecule has 0 saturated carbocycles. The molecule has 0 aliphatic carbocycles. The first kappa shape index (κ1) is 19.5. The Balaban J connectivity index is 2.00. The molecule has 136 valence electrons. The van der Waals surface area contributed by atoms with Crippen LogP contribution in [0, 0.1) is 11.3 Å². The van der Waals surface area contributed by atoms with Crippen molar-refractivity contribution in [1.29, 1.82) is 5.26 Å². The fourth-order valence-electron chi connectivity index (χ4n) is 2.30. The number of hydrogen-bond donors (Lipinski definition) is 0. The zero-order chi connectivity index (χ0) is 19.6. The molecule has 4 nitrogen and oxygen atoms in total. The molecule has 8 heteroatoms. The average Bonchev–Trinajstić information content (AvgIpc) is 3.10. The van der Waals surface area contributed by atoms with Crippen molar-refractivity contribution < 1.29 is 12.8 Å². The fraction of sp³-hybridized carbons (Fsp3) is 0. The van der Waals surface area contributed by atoms with Crippen LogP contribution in [0.25, 0.3) is 17.4 Å². The first-order valence-corrected chi connectivity index (χ1v) is 10.1. The number of sulfone groups is 1. The maximum absolute atomic E-state index is 12.6. The Bertz CT molecular complexity index is 1170. The van der Waals surface area contributed by atoms with Gasteiger partial charge in [-0.05, 0) is 54.6 Å². The Morgan fingerprint density at radius 2 is 1.63 bits per heavy atom. The Morgan fingerprint density at radius 3 is 2.30 bits per heavy atom. The Hall–Kier alpha value is -2.23. The van der Waals surface area contributed by atoms with E-state index in [1.165, 1.54) is 24.3 Å². The van der Waals surface area contributed by atoms with E-state index in [1.54, 1.807) is 36.4 Å².